The molecule has 0 aliphatic rings. The van der Waals surface area contributed by atoms with Gasteiger partial charge in [-0.1, -0.05) is 0 Å². The molecule has 0 radical (unpaired) electrons. The van der Waals surface area contributed by atoms with Gasteiger partial charge in [-0.2, -0.15) is 0 Å². The van der Waals surface area contributed by atoms with Crippen LogP contribution in [0.5, 0.6) is 0 Å². The van der Waals surface area contributed by atoms with E-state index in [-0.39, 0.29) is 0 Å². The van der Waals surface area contributed by atoms with Crippen molar-refractivity contribution in [2.24, 2.45) is 0 Å². The van der Waals surface area contributed by atoms with E-state index in [1.54, 1.807) is 12.5 Å². The van der Waals surface area contributed by atoms with E-state index in [1.807, 2.05) is 19.1 Å². The van der Waals surface area contributed by atoms with E-state index in [9.17, 15) is 0 Å². The molecule has 2 aromatic heterocycles. The lowest BCUT2D eigenvalue weighted by atomic mass is 10.4. The Labute approximate surface area is 95.9 Å². The normalized spacial score (nSPS) is 10.3. The Morgan fingerprint density at radius 2 is 2.33 bits per heavy atom. The van der Waals surface area contributed by atoms with Crippen molar-refractivity contribution in [3.05, 3.63) is 29.1 Å². The van der Waals surface area contributed by atoms with Crippen LogP contribution in [0.15, 0.2) is 33.5 Å². The number of furan rings is 1. The van der Waals surface area contributed by atoms with Crippen LogP contribution in [0.2, 0.25) is 0 Å². The second-order valence-corrected chi connectivity index (χ2v) is 3.75. The predicted octanol–water partition coefficient (Wildman–Crippen LogP) is 2.93. The van der Waals surface area contributed by atoms with E-state index in [0.717, 1.165) is 16.8 Å². The first-order chi connectivity index (χ1) is 7.31. The van der Waals surface area contributed by atoms with E-state index >= 15 is 0 Å². The summed E-state index contributed by atoms with van der Waals surface area (Å²) in [5, 5.41) is 3.12. The Balaban J connectivity index is 2.37. The van der Waals surface area contributed by atoms with Crippen molar-refractivity contribution in [2.75, 3.05) is 11.9 Å². The molecule has 78 valence electrons. The highest BCUT2D eigenvalue weighted by Gasteiger charge is 2.09. The molecule has 15 heavy (non-hydrogen) atoms. The molecule has 0 fully saturated rings. The molecule has 0 aliphatic carbocycles. The lowest BCUT2D eigenvalue weighted by molar-refractivity contribution is 0.576. The monoisotopic (exact) mass is 267 g/mol. The van der Waals surface area contributed by atoms with Gasteiger partial charge in [0, 0.05) is 12.7 Å². The molecule has 0 spiro atoms. The van der Waals surface area contributed by atoms with E-state index in [0.29, 0.717) is 11.6 Å². The first-order valence-electron chi connectivity index (χ1n) is 4.61. The highest BCUT2D eigenvalue weighted by molar-refractivity contribution is 9.10. The molecule has 0 aliphatic heterocycles. The first kappa shape index (κ1) is 10.2. The third-order valence-corrected chi connectivity index (χ3v) is 2.46. The minimum Gasteiger partial charge on any atom is -0.460 e. The summed E-state index contributed by atoms with van der Waals surface area (Å²) in [7, 11) is 0. The SMILES string of the molecule is CCNc1ccnc(-c2occc2Br)n1. The van der Waals surface area contributed by atoms with Crippen LogP contribution in [-0.4, -0.2) is 16.5 Å². The van der Waals surface area contributed by atoms with Gasteiger partial charge in [0.25, 0.3) is 0 Å². The number of hydrogen-bond donors (Lipinski definition) is 1. The maximum absolute atomic E-state index is 5.28. The topological polar surface area (TPSA) is 51.0 Å². The molecule has 5 heteroatoms. The maximum atomic E-state index is 5.28. The van der Waals surface area contributed by atoms with Gasteiger partial charge in [0.1, 0.15) is 5.82 Å². The Morgan fingerprint density at radius 3 is 3.00 bits per heavy atom. The van der Waals surface area contributed by atoms with Crippen LogP contribution in [0.3, 0.4) is 0 Å². The Bertz CT molecular complexity index is 455. The van der Waals surface area contributed by atoms with Crippen LogP contribution in [0.1, 0.15) is 6.92 Å². The standard InChI is InChI=1S/C10H10BrN3O/c1-2-12-8-3-5-13-10(14-8)9-7(11)4-6-15-9/h3-6H,2H2,1H3,(H,12,13,14). The van der Waals surface area contributed by atoms with Crippen LogP contribution < -0.4 is 5.32 Å². The van der Waals surface area contributed by atoms with Gasteiger partial charge in [0.2, 0.25) is 0 Å². The summed E-state index contributed by atoms with van der Waals surface area (Å²) in [6.45, 7) is 2.85. The summed E-state index contributed by atoms with van der Waals surface area (Å²) in [4.78, 5) is 8.47. The summed E-state index contributed by atoms with van der Waals surface area (Å²) < 4.78 is 6.14. The Hall–Kier alpha value is -1.36. The molecule has 0 saturated carbocycles. The second kappa shape index (κ2) is 4.44. The molecular weight excluding hydrogens is 258 g/mol. The average Bonchev–Trinajstić information content (AvgIpc) is 2.65. The quantitative estimate of drug-likeness (QED) is 0.929. The molecule has 0 atom stereocenters. The van der Waals surface area contributed by atoms with Crippen molar-refractivity contribution in [2.45, 2.75) is 6.92 Å². The highest BCUT2D eigenvalue weighted by atomic mass is 79.9. The van der Waals surface area contributed by atoms with Crippen LogP contribution in [0.4, 0.5) is 5.82 Å². The molecule has 0 bridgehead atoms. The van der Waals surface area contributed by atoms with Crippen LogP contribution in [-0.2, 0) is 0 Å². The lowest BCUT2D eigenvalue weighted by Crippen LogP contribution is -2.00. The smallest absolute Gasteiger partial charge is 0.198 e. The van der Waals surface area contributed by atoms with E-state index in [4.69, 9.17) is 4.42 Å². The van der Waals surface area contributed by atoms with Gasteiger partial charge in [0.15, 0.2) is 11.6 Å². The molecule has 0 saturated heterocycles. The van der Waals surface area contributed by atoms with Gasteiger partial charge in [-0.25, -0.2) is 9.97 Å². The Kier molecular flexibility index (Phi) is 3.01. The zero-order chi connectivity index (χ0) is 10.7. The van der Waals surface area contributed by atoms with Crippen LogP contribution in [0, 0.1) is 0 Å². The largest absolute Gasteiger partial charge is 0.460 e. The lowest BCUT2D eigenvalue weighted by Gasteiger charge is -2.02. The van der Waals surface area contributed by atoms with Crippen molar-refractivity contribution in [1.82, 2.24) is 9.97 Å². The van der Waals surface area contributed by atoms with Crippen molar-refractivity contribution in [3.63, 3.8) is 0 Å². The van der Waals surface area contributed by atoms with Crippen molar-refractivity contribution in [3.8, 4) is 11.6 Å². The molecule has 0 unspecified atom stereocenters. The third kappa shape index (κ3) is 2.18. The summed E-state index contributed by atoms with van der Waals surface area (Å²) in [5.74, 6) is 2.02. The minimum absolute atomic E-state index is 0.574. The van der Waals surface area contributed by atoms with Crippen LogP contribution in [0.25, 0.3) is 11.6 Å². The van der Waals surface area contributed by atoms with Crippen molar-refractivity contribution < 1.29 is 4.42 Å². The third-order valence-electron chi connectivity index (χ3n) is 1.83. The van der Waals surface area contributed by atoms with Gasteiger partial charge < -0.3 is 9.73 Å². The summed E-state index contributed by atoms with van der Waals surface area (Å²) >= 11 is 3.37. The van der Waals surface area contributed by atoms with Gasteiger partial charge in [-0.05, 0) is 35.0 Å². The summed E-state index contributed by atoms with van der Waals surface area (Å²) in [6, 6.07) is 3.64. The molecular formula is C10H10BrN3O. The van der Waals surface area contributed by atoms with Crippen molar-refractivity contribution >= 4 is 21.7 Å². The molecule has 4 nitrogen and oxygen atoms in total. The van der Waals surface area contributed by atoms with Gasteiger partial charge in [0.05, 0.1) is 10.7 Å². The van der Waals surface area contributed by atoms with E-state index < -0.39 is 0 Å². The minimum atomic E-state index is 0.574. The zero-order valence-electron chi connectivity index (χ0n) is 8.20. The highest BCUT2D eigenvalue weighted by Crippen LogP contribution is 2.26. The number of nitrogens with one attached hydrogen (secondary N) is 1. The number of rotatable bonds is 3. The first-order valence-corrected chi connectivity index (χ1v) is 5.41. The molecule has 2 heterocycles. The fourth-order valence-corrected chi connectivity index (χ4v) is 1.58. The summed E-state index contributed by atoms with van der Waals surface area (Å²) in [5.41, 5.74) is 0. The molecule has 2 aromatic rings. The summed E-state index contributed by atoms with van der Waals surface area (Å²) in [6.07, 6.45) is 3.30. The van der Waals surface area contributed by atoms with Gasteiger partial charge >= 0.3 is 0 Å². The zero-order valence-corrected chi connectivity index (χ0v) is 9.78. The molecule has 0 aromatic carbocycles. The number of hydrogen-bond acceptors (Lipinski definition) is 4. The number of halogens is 1. The van der Waals surface area contributed by atoms with E-state index in [1.165, 1.54) is 0 Å². The van der Waals surface area contributed by atoms with Crippen molar-refractivity contribution in [1.29, 1.82) is 0 Å². The molecule has 2 rings (SSSR count). The second-order valence-electron chi connectivity index (χ2n) is 2.89. The number of anilines is 1. The molecule has 0 amide bonds. The maximum Gasteiger partial charge on any atom is 0.198 e. The fraction of sp³-hybridized carbons (Fsp3) is 0.200. The van der Waals surface area contributed by atoms with Gasteiger partial charge in [-0.15, -0.1) is 0 Å². The fourth-order valence-electron chi connectivity index (χ4n) is 1.20. The van der Waals surface area contributed by atoms with Gasteiger partial charge in [-0.3, -0.25) is 0 Å². The predicted molar refractivity (Wildman–Crippen MR) is 61.6 cm³/mol. The Morgan fingerprint density at radius 1 is 1.47 bits per heavy atom. The average molecular weight is 268 g/mol. The molecule has 1 N–H and O–H groups in total. The number of aromatic nitrogens is 2. The van der Waals surface area contributed by atoms with Crippen LogP contribution >= 0.6 is 15.9 Å². The number of nitrogens with zero attached hydrogens (tertiary/aromatic N) is 2. The van der Waals surface area contributed by atoms with E-state index in [2.05, 4.69) is 31.2 Å².